The number of ether oxygens (including phenoxy) is 1. The van der Waals surface area contributed by atoms with Crippen LogP contribution < -0.4 is 9.64 Å². The lowest BCUT2D eigenvalue weighted by Crippen LogP contribution is -2.54. The van der Waals surface area contributed by atoms with Gasteiger partial charge in [0.05, 0.1) is 19.2 Å². The fourth-order valence-corrected chi connectivity index (χ4v) is 4.40. The third-order valence-corrected chi connectivity index (χ3v) is 5.92. The van der Waals surface area contributed by atoms with Gasteiger partial charge < -0.3 is 19.4 Å². The quantitative estimate of drug-likeness (QED) is 0.801. The second-order valence-corrected chi connectivity index (χ2v) is 7.44. The van der Waals surface area contributed by atoms with Gasteiger partial charge in [-0.3, -0.25) is 9.59 Å². The molecule has 4 rings (SSSR count). The Morgan fingerprint density at radius 3 is 2.45 bits per heavy atom. The van der Waals surface area contributed by atoms with Gasteiger partial charge in [0, 0.05) is 32.7 Å². The molecule has 2 aromatic carbocycles. The molecule has 0 aromatic heterocycles. The first-order valence-corrected chi connectivity index (χ1v) is 10.2. The molecule has 6 heteroatoms. The van der Waals surface area contributed by atoms with E-state index in [0.29, 0.717) is 26.1 Å². The summed E-state index contributed by atoms with van der Waals surface area (Å²) < 4.78 is 5.48. The summed E-state index contributed by atoms with van der Waals surface area (Å²) in [6.07, 6.45) is 0.370. The number of anilines is 1. The largest absolute Gasteiger partial charge is 0.495 e. The Labute approximate surface area is 171 Å². The molecule has 1 atom stereocenters. The van der Waals surface area contributed by atoms with E-state index in [1.54, 1.807) is 12.0 Å². The second kappa shape index (κ2) is 8.15. The number of likely N-dealkylation sites (N-methyl/N-ethyl adjacent to an activating group) is 1. The molecule has 2 aromatic rings. The van der Waals surface area contributed by atoms with Crippen LogP contribution in [0.15, 0.2) is 48.5 Å². The van der Waals surface area contributed by atoms with E-state index >= 15 is 0 Å². The number of piperazine rings is 1. The zero-order valence-electron chi connectivity index (χ0n) is 17.0. The number of methoxy groups -OCH3 is 1. The molecule has 6 nitrogen and oxygen atoms in total. The molecule has 29 heavy (non-hydrogen) atoms. The van der Waals surface area contributed by atoms with Crippen LogP contribution in [-0.4, -0.2) is 61.4 Å². The average Bonchev–Trinajstić information content (AvgIpc) is 2.77. The molecule has 0 spiro atoms. The third kappa shape index (κ3) is 3.55. The van der Waals surface area contributed by atoms with E-state index in [2.05, 4.69) is 4.90 Å². The zero-order valence-corrected chi connectivity index (χ0v) is 17.0. The maximum atomic E-state index is 13.5. The first kappa shape index (κ1) is 19.3. The van der Waals surface area contributed by atoms with Crippen LogP contribution in [0.4, 0.5) is 5.69 Å². The van der Waals surface area contributed by atoms with E-state index in [-0.39, 0.29) is 11.8 Å². The van der Waals surface area contributed by atoms with Crippen molar-refractivity contribution in [3.05, 3.63) is 59.7 Å². The maximum Gasteiger partial charge on any atom is 0.250 e. The minimum absolute atomic E-state index is 0.0204. The van der Waals surface area contributed by atoms with E-state index in [4.69, 9.17) is 4.74 Å². The molecule has 2 heterocycles. The maximum absolute atomic E-state index is 13.5. The van der Waals surface area contributed by atoms with E-state index in [1.807, 2.05) is 60.4 Å². The Kier molecular flexibility index (Phi) is 5.43. The Hall–Kier alpha value is -3.02. The molecule has 0 bridgehead atoms. The van der Waals surface area contributed by atoms with Gasteiger partial charge in [0.15, 0.2) is 0 Å². The lowest BCUT2D eigenvalue weighted by molar-refractivity contribution is -0.147. The van der Waals surface area contributed by atoms with E-state index in [0.717, 1.165) is 35.7 Å². The number of para-hydroxylation sites is 2. The minimum atomic E-state index is -0.518. The average molecular weight is 393 g/mol. The van der Waals surface area contributed by atoms with Crippen molar-refractivity contribution in [2.75, 3.05) is 44.7 Å². The van der Waals surface area contributed by atoms with Crippen molar-refractivity contribution in [2.45, 2.75) is 19.4 Å². The number of carbonyl (C=O) groups is 2. The molecular formula is C23H27N3O3. The summed E-state index contributed by atoms with van der Waals surface area (Å²) in [7, 11) is 1.68. The van der Waals surface area contributed by atoms with E-state index in [9.17, 15) is 9.59 Å². The highest BCUT2D eigenvalue weighted by Gasteiger charge is 2.39. The van der Waals surface area contributed by atoms with Crippen molar-refractivity contribution in [3.63, 3.8) is 0 Å². The van der Waals surface area contributed by atoms with Gasteiger partial charge >= 0.3 is 0 Å². The van der Waals surface area contributed by atoms with Crippen molar-refractivity contribution in [1.82, 2.24) is 9.80 Å². The van der Waals surface area contributed by atoms with E-state index in [1.165, 1.54) is 0 Å². The topological polar surface area (TPSA) is 53.1 Å². The van der Waals surface area contributed by atoms with Gasteiger partial charge in [-0.1, -0.05) is 36.4 Å². The number of carbonyl (C=O) groups excluding carboxylic acids is 2. The van der Waals surface area contributed by atoms with Crippen molar-refractivity contribution in [2.24, 2.45) is 0 Å². The summed E-state index contributed by atoms with van der Waals surface area (Å²) in [5.41, 5.74) is 2.98. The van der Waals surface area contributed by atoms with Gasteiger partial charge in [0.2, 0.25) is 11.8 Å². The van der Waals surface area contributed by atoms with Crippen LogP contribution in [-0.2, 0) is 16.0 Å². The lowest BCUT2D eigenvalue weighted by Gasteiger charge is -2.41. The molecule has 2 aliphatic rings. The number of hydrogen-bond acceptors (Lipinski definition) is 4. The fraction of sp³-hybridized carbons (Fsp3) is 0.391. The second-order valence-electron chi connectivity index (χ2n) is 7.44. The van der Waals surface area contributed by atoms with Crippen molar-refractivity contribution >= 4 is 17.5 Å². The number of hydrogen-bond donors (Lipinski definition) is 0. The zero-order chi connectivity index (χ0) is 20.4. The highest BCUT2D eigenvalue weighted by molar-refractivity contribution is 5.92. The Morgan fingerprint density at radius 1 is 1.03 bits per heavy atom. The van der Waals surface area contributed by atoms with Gasteiger partial charge in [-0.2, -0.15) is 0 Å². The predicted molar refractivity (Wildman–Crippen MR) is 112 cm³/mol. The molecule has 1 fully saturated rings. The lowest BCUT2D eigenvalue weighted by atomic mass is 9.91. The highest BCUT2D eigenvalue weighted by atomic mass is 16.5. The highest BCUT2D eigenvalue weighted by Crippen LogP contribution is 2.33. The summed E-state index contributed by atoms with van der Waals surface area (Å²) in [6, 6.07) is 15.3. The summed E-state index contributed by atoms with van der Waals surface area (Å²) in [6.45, 7) is 5.19. The molecule has 1 unspecified atom stereocenters. The summed E-state index contributed by atoms with van der Waals surface area (Å²) >= 11 is 0. The van der Waals surface area contributed by atoms with Crippen LogP contribution in [0.2, 0.25) is 0 Å². The van der Waals surface area contributed by atoms with Gasteiger partial charge in [0.1, 0.15) is 11.8 Å². The Bertz CT molecular complexity index is 906. The first-order valence-electron chi connectivity index (χ1n) is 10.2. The summed E-state index contributed by atoms with van der Waals surface area (Å²) in [5.74, 6) is 0.889. The number of rotatable bonds is 4. The molecule has 0 N–H and O–H groups in total. The molecule has 0 aliphatic carbocycles. The molecule has 152 valence electrons. The van der Waals surface area contributed by atoms with Crippen molar-refractivity contribution in [1.29, 1.82) is 0 Å². The van der Waals surface area contributed by atoms with Crippen LogP contribution in [0.3, 0.4) is 0 Å². The number of fused-ring (bicyclic) bond motifs is 1. The van der Waals surface area contributed by atoms with Gasteiger partial charge in [0.25, 0.3) is 0 Å². The summed E-state index contributed by atoms with van der Waals surface area (Å²) in [5, 5.41) is 0. The molecule has 2 aliphatic heterocycles. The standard InChI is InChI=1S/C23H27N3O3/c1-3-26-21(27)16-17-8-4-5-9-18(17)22(26)23(28)25-14-12-24(13-15-25)19-10-6-7-11-20(19)29-2/h4-11,22H,3,12-16H2,1-2H3. The molecule has 2 amide bonds. The van der Waals surface area contributed by atoms with Crippen LogP contribution in [0.5, 0.6) is 5.75 Å². The molecule has 0 saturated carbocycles. The van der Waals surface area contributed by atoms with Crippen LogP contribution in [0.25, 0.3) is 0 Å². The molecule has 0 radical (unpaired) electrons. The van der Waals surface area contributed by atoms with Crippen LogP contribution in [0, 0.1) is 0 Å². The van der Waals surface area contributed by atoms with Gasteiger partial charge in [-0.05, 0) is 30.2 Å². The number of benzene rings is 2. The third-order valence-electron chi connectivity index (χ3n) is 5.92. The molecular weight excluding hydrogens is 366 g/mol. The Balaban J connectivity index is 1.53. The van der Waals surface area contributed by atoms with Crippen molar-refractivity contribution in [3.8, 4) is 5.75 Å². The van der Waals surface area contributed by atoms with Crippen LogP contribution in [0.1, 0.15) is 24.1 Å². The smallest absolute Gasteiger partial charge is 0.250 e. The monoisotopic (exact) mass is 393 g/mol. The fourth-order valence-electron chi connectivity index (χ4n) is 4.40. The first-order chi connectivity index (χ1) is 14.1. The van der Waals surface area contributed by atoms with Crippen LogP contribution >= 0.6 is 0 Å². The van der Waals surface area contributed by atoms with Crippen molar-refractivity contribution < 1.29 is 14.3 Å². The number of amides is 2. The van der Waals surface area contributed by atoms with Gasteiger partial charge in [-0.15, -0.1) is 0 Å². The SMILES string of the molecule is CCN1C(=O)Cc2ccccc2C1C(=O)N1CCN(c2ccccc2OC)CC1. The number of nitrogens with zero attached hydrogens (tertiary/aromatic N) is 3. The minimum Gasteiger partial charge on any atom is -0.495 e. The summed E-state index contributed by atoms with van der Waals surface area (Å²) in [4.78, 5) is 32.0. The Morgan fingerprint density at radius 2 is 1.72 bits per heavy atom. The van der Waals surface area contributed by atoms with Gasteiger partial charge in [-0.25, -0.2) is 0 Å². The normalized spacial score (nSPS) is 19.2. The predicted octanol–water partition coefficient (Wildman–Crippen LogP) is 2.49. The van der Waals surface area contributed by atoms with E-state index < -0.39 is 6.04 Å². The molecule has 1 saturated heterocycles.